The zero-order chi connectivity index (χ0) is 15.7. The van der Waals surface area contributed by atoms with Gasteiger partial charge in [-0.05, 0) is 42.5 Å². The summed E-state index contributed by atoms with van der Waals surface area (Å²) in [5.41, 5.74) is 1.33. The van der Waals surface area contributed by atoms with Gasteiger partial charge in [0.2, 0.25) is 11.8 Å². The van der Waals surface area contributed by atoms with E-state index in [1.54, 1.807) is 30.3 Å². The second kappa shape index (κ2) is 5.79. The number of hydrogen-bond donors (Lipinski definition) is 1. The number of benzene rings is 2. The molecule has 0 amide bonds. The zero-order valence-corrected chi connectivity index (χ0v) is 12.5. The summed E-state index contributed by atoms with van der Waals surface area (Å²) < 4.78 is 5.58. The van der Waals surface area contributed by atoms with Crippen LogP contribution in [0.5, 0.6) is 0 Å². The lowest BCUT2D eigenvalue weighted by Crippen LogP contribution is -1.94. The van der Waals surface area contributed by atoms with Gasteiger partial charge in [-0.3, -0.25) is 0 Å². The maximum Gasteiger partial charge on any atom is 0.335 e. The number of carboxylic acid groups (broad SMARTS) is 1. The molecular weight excluding hydrogens is 327 g/mol. The summed E-state index contributed by atoms with van der Waals surface area (Å²) in [4.78, 5) is 10.8. The normalized spacial score (nSPS) is 10.6. The van der Waals surface area contributed by atoms with Crippen LogP contribution in [0.4, 0.5) is 0 Å². The van der Waals surface area contributed by atoms with Crippen LogP contribution in [-0.4, -0.2) is 21.3 Å². The Hall–Kier alpha value is -2.37. The minimum absolute atomic E-state index is 0.182. The number of carbonyl (C=O) groups is 1. The lowest BCUT2D eigenvalue weighted by Gasteiger charge is -1.99. The molecule has 0 radical (unpaired) electrons. The number of rotatable bonds is 3. The molecule has 3 aromatic rings. The summed E-state index contributed by atoms with van der Waals surface area (Å²) in [5, 5.41) is 17.7. The predicted molar refractivity (Wildman–Crippen MR) is 82.1 cm³/mol. The van der Waals surface area contributed by atoms with E-state index in [2.05, 4.69) is 10.2 Å². The summed E-state index contributed by atoms with van der Waals surface area (Å²) >= 11 is 12.0. The summed E-state index contributed by atoms with van der Waals surface area (Å²) in [6, 6.07) is 11.1. The van der Waals surface area contributed by atoms with Crippen LogP contribution >= 0.6 is 23.2 Å². The van der Waals surface area contributed by atoms with Crippen LogP contribution in [0.2, 0.25) is 10.0 Å². The third kappa shape index (κ3) is 2.81. The molecule has 0 saturated heterocycles. The summed E-state index contributed by atoms with van der Waals surface area (Å²) in [7, 11) is 0. The summed E-state index contributed by atoms with van der Waals surface area (Å²) in [6.45, 7) is 0. The summed E-state index contributed by atoms with van der Waals surface area (Å²) in [6.07, 6.45) is 0. The van der Waals surface area contributed by atoms with Gasteiger partial charge in [-0.2, -0.15) is 0 Å². The molecule has 1 N–H and O–H groups in total. The Bertz CT molecular complexity index is 844. The fourth-order valence-corrected chi connectivity index (χ4v) is 2.24. The van der Waals surface area contributed by atoms with E-state index >= 15 is 0 Å². The molecule has 0 aliphatic rings. The van der Waals surface area contributed by atoms with E-state index in [-0.39, 0.29) is 17.3 Å². The second-order valence-corrected chi connectivity index (χ2v) is 5.26. The second-order valence-electron chi connectivity index (χ2n) is 4.42. The van der Waals surface area contributed by atoms with Crippen LogP contribution in [0.1, 0.15) is 10.4 Å². The van der Waals surface area contributed by atoms with Crippen molar-refractivity contribution in [2.75, 3.05) is 0 Å². The first-order chi connectivity index (χ1) is 10.5. The molecule has 0 spiro atoms. The summed E-state index contributed by atoms with van der Waals surface area (Å²) in [5.74, 6) is -0.490. The van der Waals surface area contributed by atoms with Crippen LogP contribution in [0.25, 0.3) is 22.9 Å². The molecule has 5 nitrogen and oxygen atoms in total. The number of carboxylic acids is 1. The topological polar surface area (TPSA) is 76.2 Å². The minimum Gasteiger partial charge on any atom is -0.478 e. The van der Waals surface area contributed by atoms with Gasteiger partial charge in [0, 0.05) is 10.6 Å². The molecular formula is C15H8Cl2N2O3. The quantitative estimate of drug-likeness (QED) is 0.767. The molecule has 0 saturated carbocycles. The molecule has 22 heavy (non-hydrogen) atoms. The zero-order valence-electron chi connectivity index (χ0n) is 11.0. The standard InChI is InChI=1S/C15H8Cl2N2O3/c16-10-5-6-12(17)11(7-10)14-19-18-13(22-14)8-1-3-9(4-2-8)15(20)21/h1-7H,(H,20,21). The number of halogens is 2. The Morgan fingerprint density at radius 3 is 2.36 bits per heavy atom. The molecule has 110 valence electrons. The molecule has 2 aromatic carbocycles. The lowest BCUT2D eigenvalue weighted by molar-refractivity contribution is 0.0697. The third-order valence-electron chi connectivity index (χ3n) is 2.96. The number of aromatic nitrogens is 2. The van der Waals surface area contributed by atoms with E-state index in [4.69, 9.17) is 32.7 Å². The van der Waals surface area contributed by atoms with E-state index in [9.17, 15) is 4.79 Å². The van der Waals surface area contributed by atoms with Gasteiger partial charge in [0.1, 0.15) is 0 Å². The first-order valence-corrected chi connectivity index (χ1v) is 6.93. The van der Waals surface area contributed by atoms with Crippen molar-refractivity contribution in [3.05, 3.63) is 58.1 Å². The highest BCUT2D eigenvalue weighted by atomic mass is 35.5. The fourth-order valence-electron chi connectivity index (χ4n) is 1.87. The van der Waals surface area contributed by atoms with Crippen molar-refractivity contribution in [2.24, 2.45) is 0 Å². The van der Waals surface area contributed by atoms with Crippen molar-refractivity contribution >= 4 is 29.2 Å². The molecule has 1 heterocycles. The lowest BCUT2D eigenvalue weighted by atomic mass is 10.1. The molecule has 0 atom stereocenters. The number of nitrogens with zero attached hydrogens (tertiary/aromatic N) is 2. The maximum absolute atomic E-state index is 10.8. The molecule has 0 aliphatic carbocycles. The van der Waals surface area contributed by atoms with Crippen LogP contribution in [0.3, 0.4) is 0 Å². The van der Waals surface area contributed by atoms with Gasteiger partial charge in [0.15, 0.2) is 0 Å². The first kappa shape index (κ1) is 14.6. The SMILES string of the molecule is O=C(O)c1ccc(-c2nnc(-c3cc(Cl)ccc3Cl)o2)cc1. The highest BCUT2D eigenvalue weighted by Gasteiger charge is 2.14. The number of hydrogen-bond acceptors (Lipinski definition) is 4. The van der Waals surface area contributed by atoms with Gasteiger partial charge in [0.05, 0.1) is 16.1 Å². The maximum atomic E-state index is 10.8. The fraction of sp³-hybridized carbons (Fsp3) is 0. The minimum atomic E-state index is -0.997. The van der Waals surface area contributed by atoms with Gasteiger partial charge in [-0.25, -0.2) is 4.79 Å². The Morgan fingerprint density at radius 2 is 1.68 bits per heavy atom. The van der Waals surface area contributed by atoms with Crippen molar-refractivity contribution in [1.82, 2.24) is 10.2 Å². The van der Waals surface area contributed by atoms with E-state index in [1.165, 1.54) is 12.1 Å². The number of aromatic carboxylic acids is 1. The third-order valence-corrected chi connectivity index (χ3v) is 3.53. The van der Waals surface area contributed by atoms with Crippen molar-refractivity contribution in [3.8, 4) is 22.9 Å². The van der Waals surface area contributed by atoms with Crippen molar-refractivity contribution in [3.63, 3.8) is 0 Å². The Morgan fingerprint density at radius 1 is 1.00 bits per heavy atom. The molecule has 0 unspecified atom stereocenters. The van der Waals surface area contributed by atoms with Crippen LogP contribution in [-0.2, 0) is 0 Å². The largest absolute Gasteiger partial charge is 0.478 e. The van der Waals surface area contributed by atoms with E-state index in [0.717, 1.165) is 0 Å². The smallest absolute Gasteiger partial charge is 0.335 e. The molecule has 0 aliphatic heterocycles. The first-order valence-electron chi connectivity index (χ1n) is 6.17. The highest BCUT2D eigenvalue weighted by molar-refractivity contribution is 6.35. The molecule has 3 rings (SSSR count). The van der Waals surface area contributed by atoms with E-state index in [1.807, 2.05) is 0 Å². The monoisotopic (exact) mass is 334 g/mol. The van der Waals surface area contributed by atoms with Gasteiger partial charge in [-0.1, -0.05) is 23.2 Å². The van der Waals surface area contributed by atoms with Crippen LogP contribution in [0.15, 0.2) is 46.9 Å². The van der Waals surface area contributed by atoms with Gasteiger partial charge < -0.3 is 9.52 Å². The molecule has 1 aromatic heterocycles. The van der Waals surface area contributed by atoms with Gasteiger partial charge >= 0.3 is 5.97 Å². The van der Waals surface area contributed by atoms with E-state index in [0.29, 0.717) is 21.2 Å². The Labute approximate surface area is 135 Å². The van der Waals surface area contributed by atoms with Crippen LogP contribution in [0, 0.1) is 0 Å². The van der Waals surface area contributed by atoms with Crippen molar-refractivity contribution in [1.29, 1.82) is 0 Å². The van der Waals surface area contributed by atoms with Gasteiger partial charge in [-0.15, -0.1) is 10.2 Å². The van der Waals surface area contributed by atoms with Crippen LogP contribution < -0.4 is 0 Å². The van der Waals surface area contributed by atoms with Crippen molar-refractivity contribution in [2.45, 2.75) is 0 Å². The molecule has 7 heteroatoms. The van der Waals surface area contributed by atoms with Gasteiger partial charge in [0.25, 0.3) is 0 Å². The average Bonchev–Trinajstić information content (AvgIpc) is 2.99. The average molecular weight is 335 g/mol. The van der Waals surface area contributed by atoms with E-state index < -0.39 is 5.97 Å². The molecule has 0 bridgehead atoms. The predicted octanol–water partition coefficient (Wildman–Crippen LogP) is 4.41. The Kier molecular flexibility index (Phi) is 3.83. The Balaban J connectivity index is 1.96. The van der Waals surface area contributed by atoms with Crippen molar-refractivity contribution < 1.29 is 14.3 Å². The molecule has 0 fully saturated rings. The highest BCUT2D eigenvalue weighted by Crippen LogP contribution is 2.31.